The minimum atomic E-state index is -0.0652. The predicted octanol–water partition coefficient (Wildman–Crippen LogP) is 2.71. The third kappa shape index (κ3) is 2.68. The molecule has 2 aliphatic rings. The van der Waals surface area contributed by atoms with E-state index in [1.54, 1.807) is 0 Å². The van der Waals surface area contributed by atoms with Gasteiger partial charge in [0.1, 0.15) is 5.75 Å². The second-order valence-corrected chi connectivity index (χ2v) is 4.91. The van der Waals surface area contributed by atoms with E-state index in [0.717, 1.165) is 18.6 Å². The molecule has 3 heteroatoms. The minimum absolute atomic E-state index is 0.0652. The van der Waals surface area contributed by atoms with Gasteiger partial charge in [0.2, 0.25) is 0 Å². The summed E-state index contributed by atoms with van der Waals surface area (Å²) < 4.78 is 16.7. The maximum absolute atomic E-state index is 5.91. The molecule has 1 fully saturated rings. The first kappa shape index (κ1) is 12.0. The Morgan fingerprint density at radius 3 is 2.83 bits per heavy atom. The molecule has 1 saturated heterocycles. The van der Waals surface area contributed by atoms with Crippen LogP contribution in [-0.4, -0.2) is 26.1 Å². The zero-order valence-electron chi connectivity index (χ0n) is 10.7. The molecule has 0 unspecified atom stereocenters. The highest BCUT2D eigenvalue weighted by atomic mass is 16.7. The van der Waals surface area contributed by atoms with Crippen LogP contribution >= 0.6 is 0 Å². The Kier molecular flexibility index (Phi) is 3.81. The molecule has 0 radical (unpaired) electrons. The maximum Gasteiger partial charge on any atom is 0.161 e. The lowest BCUT2D eigenvalue weighted by atomic mass is 9.91. The van der Waals surface area contributed by atoms with Crippen molar-refractivity contribution in [3.8, 4) is 5.75 Å². The van der Waals surface area contributed by atoms with Crippen LogP contribution in [0.3, 0.4) is 0 Å². The Balaban J connectivity index is 1.58. The SMILES string of the molecule is c1cc2c(c(OCCC3OCCO3)c1)CCCC2. The van der Waals surface area contributed by atoms with Gasteiger partial charge in [0.05, 0.1) is 19.8 Å². The molecule has 0 spiro atoms. The lowest BCUT2D eigenvalue weighted by molar-refractivity contribution is -0.0532. The highest BCUT2D eigenvalue weighted by Gasteiger charge is 2.17. The van der Waals surface area contributed by atoms with Crippen LogP contribution in [0.2, 0.25) is 0 Å². The van der Waals surface area contributed by atoms with E-state index in [0.29, 0.717) is 19.8 Å². The van der Waals surface area contributed by atoms with Crippen LogP contribution in [0.15, 0.2) is 18.2 Å². The van der Waals surface area contributed by atoms with E-state index >= 15 is 0 Å². The maximum atomic E-state index is 5.91. The lowest BCUT2D eigenvalue weighted by Crippen LogP contribution is -2.14. The summed E-state index contributed by atoms with van der Waals surface area (Å²) in [7, 11) is 0. The van der Waals surface area contributed by atoms with Gasteiger partial charge in [-0.25, -0.2) is 0 Å². The number of rotatable bonds is 4. The summed E-state index contributed by atoms with van der Waals surface area (Å²) in [4.78, 5) is 0. The second-order valence-electron chi connectivity index (χ2n) is 4.91. The van der Waals surface area contributed by atoms with Gasteiger partial charge < -0.3 is 14.2 Å². The first-order valence-corrected chi connectivity index (χ1v) is 6.90. The molecule has 0 saturated carbocycles. The fraction of sp³-hybridized carbons (Fsp3) is 0.600. The van der Waals surface area contributed by atoms with Crippen LogP contribution in [0.1, 0.15) is 30.4 Å². The molecule has 1 heterocycles. The van der Waals surface area contributed by atoms with Crippen molar-refractivity contribution >= 4 is 0 Å². The number of ether oxygens (including phenoxy) is 3. The summed E-state index contributed by atoms with van der Waals surface area (Å²) in [5.41, 5.74) is 2.88. The van der Waals surface area contributed by atoms with Crippen molar-refractivity contribution < 1.29 is 14.2 Å². The van der Waals surface area contributed by atoms with Gasteiger partial charge in [-0.3, -0.25) is 0 Å². The Morgan fingerprint density at radius 2 is 1.94 bits per heavy atom. The summed E-state index contributed by atoms with van der Waals surface area (Å²) in [5, 5.41) is 0. The Hall–Kier alpha value is -1.06. The van der Waals surface area contributed by atoms with Crippen LogP contribution in [0, 0.1) is 0 Å². The van der Waals surface area contributed by atoms with Crippen molar-refractivity contribution in [2.75, 3.05) is 19.8 Å². The van der Waals surface area contributed by atoms with E-state index in [1.807, 2.05) is 0 Å². The lowest BCUT2D eigenvalue weighted by Gasteiger charge is -2.19. The fourth-order valence-electron chi connectivity index (χ4n) is 2.72. The van der Waals surface area contributed by atoms with Crippen LogP contribution in [-0.2, 0) is 22.3 Å². The zero-order valence-corrected chi connectivity index (χ0v) is 10.7. The Bertz CT molecular complexity index is 397. The smallest absolute Gasteiger partial charge is 0.161 e. The fourth-order valence-corrected chi connectivity index (χ4v) is 2.72. The minimum Gasteiger partial charge on any atom is -0.493 e. The molecule has 18 heavy (non-hydrogen) atoms. The predicted molar refractivity (Wildman–Crippen MR) is 68.9 cm³/mol. The van der Waals surface area contributed by atoms with E-state index in [1.165, 1.54) is 30.4 Å². The topological polar surface area (TPSA) is 27.7 Å². The molecule has 98 valence electrons. The van der Waals surface area contributed by atoms with E-state index in [2.05, 4.69) is 18.2 Å². The van der Waals surface area contributed by atoms with Crippen molar-refractivity contribution in [1.82, 2.24) is 0 Å². The van der Waals surface area contributed by atoms with Crippen molar-refractivity contribution in [2.45, 2.75) is 38.4 Å². The molecule has 0 amide bonds. The van der Waals surface area contributed by atoms with Crippen LogP contribution in [0.5, 0.6) is 5.75 Å². The van der Waals surface area contributed by atoms with Gasteiger partial charge in [0, 0.05) is 6.42 Å². The highest BCUT2D eigenvalue weighted by Crippen LogP contribution is 2.29. The van der Waals surface area contributed by atoms with Crippen molar-refractivity contribution in [2.24, 2.45) is 0 Å². The summed E-state index contributed by atoms with van der Waals surface area (Å²) in [5.74, 6) is 1.06. The average Bonchev–Trinajstić information content (AvgIpc) is 2.92. The van der Waals surface area contributed by atoms with Gasteiger partial charge in [0.25, 0.3) is 0 Å². The first-order chi connectivity index (χ1) is 8.93. The third-order valence-electron chi connectivity index (χ3n) is 3.65. The second kappa shape index (κ2) is 5.72. The first-order valence-electron chi connectivity index (χ1n) is 6.90. The van der Waals surface area contributed by atoms with Gasteiger partial charge in [-0.05, 0) is 42.9 Å². The van der Waals surface area contributed by atoms with Gasteiger partial charge in [0.15, 0.2) is 6.29 Å². The molecule has 1 aliphatic heterocycles. The number of fused-ring (bicyclic) bond motifs is 1. The standard InChI is InChI=1S/C15H20O3/c1-2-6-13-12(4-1)5-3-7-14(13)16-9-8-15-17-10-11-18-15/h3,5,7,15H,1-2,4,6,8-11H2. The normalized spacial score (nSPS) is 19.8. The molecule has 3 rings (SSSR count). The molecule has 1 aromatic carbocycles. The zero-order chi connectivity index (χ0) is 12.2. The largest absolute Gasteiger partial charge is 0.493 e. The van der Waals surface area contributed by atoms with Crippen LogP contribution in [0.4, 0.5) is 0 Å². The number of hydrogen-bond donors (Lipinski definition) is 0. The van der Waals surface area contributed by atoms with Crippen molar-refractivity contribution in [3.05, 3.63) is 29.3 Å². The van der Waals surface area contributed by atoms with Gasteiger partial charge >= 0.3 is 0 Å². The molecule has 1 aromatic rings. The molecular formula is C15H20O3. The van der Waals surface area contributed by atoms with E-state index < -0.39 is 0 Å². The average molecular weight is 248 g/mol. The monoisotopic (exact) mass is 248 g/mol. The summed E-state index contributed by atoms with van der Waals surface area (Å²) in [6.45, 7) is 2.10. The molecule has 3 nitrogen and oxygen atoms in total. The van der Waals surface area contributed by atoms with E-state index in [9.17, 15) is 0 Å². The summed E-state index contributed by atoms with van der Waals surface area (Å²) in [6.07, 6.45) is 5.68. The van der Waals surface area contributed by atoms with Crippen molar-refractivity contribution in [3.63, 3.8) is 0 Å². The number of aryl methyl sites for hydroxylation is 1. The molecule has 1 aliphatic carbocycles. The highest BCUT2D eigenvalue weighted by molar-refractivity contribution is 5.41. The number of hydrogen-bond acceptors (Lipinski definition) is 3. The van der Waals surface area contributed by atoms with E-state index in [4.69, 9.17) is 14.2 Å². The molecule has 0 N–H and O–H groups in total. The quantitative estimate of drug-likeness (QED) is 0.820. The Labute approximate surface area is 108 Å². The van der Waals surface area contributed by atoms with E-state index in [-0.39, 0.29) is 6.29 Å². The van der Waals surface area contributed by atoms with Gasteiger partial charge in [-0.15, -0.1) is 0 Å². The van der Waals surface area contributed by atoms with Crippen LogP contribution < -0.4 is 4.74 Å². The van der Waals surface area contributed by atoms with Gasteiger partial charge in [-0.2, -0.15) is 0 Å². The van der Waals surface area contributed by atoms with Crippen molar-refractivity contribution in [1.29, 1.82) is 0 Å². The van der Waals surface area contributed by atoms with Gasteiger partial charge in [-0.1, -0.05) is 12.1 Å². The van der Waals surface area contributed by atoms with Crippen LogP contribution in [0.25, 0.3) is 0 Å². The molecule has 0 bridgehead atoms. The summed E-state index contributed by atoms with van der Waals surface area (Å²) in [6, 6.07) is 6.41. The number of benzene rings is 1. The third-order valence-corrected chi connectivity index (χ3v) is 3.65. The molecule has 0 aromatic heterocycles. The summed E-state index contributed by atoms with van der Waals surface area (Å²) >= 11 is 0. The Morgan fingerprint density at radius 1 is 1.11 bits per heavy atom. The molecular weight excluding hydrogens is 228 g/mol. The molecule has 0 atom stereocenters.